The summed E-state index contributed by atoms with van der Waals surface area (Å²) in [6.45, 7) is -0.574. The number of nitrogens with one attached hydrogen (secondary N) is 1. The van der Waals surface area contributed by atoms with Gasteiger partial charge < -0.3 is 5.11 Å². The number of alkyl halides is 3. The molecule has 0 aliphatic rings. The molecule has 0 bridgehead atoms. The molecule has 4 nitrogen and oxygen atoms in total. The van der Waals surface area contributed by atoms with Crippen LogP contribution in [0.5, 0.6) is 0 Å². The highest BCUT2D eigenvalue weighted by atomic mass is 35.5. The standard InChI is InChI=1S/C10H7ClF3N3OS/c11-6-3-1-2-5(10(12,13)14)8(6)17-7(4-18)15-16-9(17)19/h1-3,18H,4H2,(H,16,19). The highest BCUT2D eigenvalue weighted by Gasteiger charge is 2.35. The zero-order chi connectivity index (χ0) is 14.2. The van der Waals surface area contributed by atoms with Crippen LogP contribution in [0.1, 0.15) is 11.4 Å². The van der Waals surface area contributed by atoms with Crippen LogP contribution in [-0.2, 0) is 12.8 Å². The van der Waals surface area contributed by atoms with Crippen LogP contribution in [0.4, 0.5) is 13.2 Å². The Balaban J connectivity index is 2.82. The number of hydrogen-bond donors (Lipinski definition) is 2. The van der Waals surface area contributed by atoms with Gasteiger partial charge in [0.1, 0.15) is 6.61 Å². The molecular weight excluding hydrogens is 303 g/mol. The van der Waals surface area contributed by atoms with Crippen molar-refractivity contribution in [1.29, 1.82) is 0 Å². The Hall–Kier alpha value is -1.38. The van der Waals surface area contributed by atoms with Crippen molar-refractivity contribution in [3.63, 3.8) is 0 Å². The van der Waals surface area contributed by atoms with Gasteiger partial charge in [-0.15, -0.1) is 0 Å². The average Bonchev–Trinajstić information content (AvgIpc) is 2.69. The smallest absolute Gasteiger partial charge is 0.388 e. The summed E-state index contributed by atoms with van der Waals surface area (Å²) in [6, 6.07) is 3.39. The summed E-state index contributed by atoms with van der Waals surface area (Å²) in [4.78, 5) is 0. The second-order valence-corrected chi connectivity index (χ2v) is 4.37. The molecule has 0 saturated carbocycles. The predicted octanol–water partition coefficient (Wildman–Crippen LogP) is 3.09. The molecule has 19 heavy (non-hydrogen) atoms. The first kappa shape index (κ1) is 14.0. The van der Waals surface area contributed by atoms with Crippen LogP contribution in [0.3, 0.4) is 0 Å². The van der Waals surface area contributed by atoms with Crippen molar-refractivity contribution in [2.75, 3.05) is 0 Å². The van der Waals surface area contributed by atoms with Gasteiger partial charge in [0, 0.05) is 0 Å². The Morgan fingerprint density at radius 1 is 1.42 bits per heavy atom. The molecule has 9 heteroatoms. The van der Waals surface area contributed by atoms with Gasteiger partial charge in [0.25, 0.3) is 0 Å². The van der Waals surface area contributed by atoms with Gasteiger partial charge in [-0.3, -0.25) is 9.67 Å². The maximum Gasteiger partial charge on any atom is 0.418 e. The van der Waals surface area contributed by atoms with Gasteiger partial charge in [-0.1, -0.05) is 17.7 Å². The number of rotatable bonds is 2. The van der Waals surface area contributed by atoms with Gasteiger partial charge in [0.15, 0.2) is 10.6 Å². The van der Waals surface area contributed by atoms with E-state index in [9.17, 15) is 13.2 Å². The summed E-state index contributed by atoms with van der Waals surface area (Å²) in [7, 11) is 0. The summed E-state index contributed by atoms with van der Waals surface area (Å²) < 4.78 is 39.9. The maximum absolute atomic E-state index is 13.0. The van der Waals surface area contributed by atoms with Crippen molar-refractivity contribution in [2.45, 2.75) is 12.8 Å². The molecule has 2 aromatic rings. The highest BCUT2D eigenvalue weighted by Crippen LogP contribution is 2.37. The van der Waals surface area contributed by atoms with Crippen LogP contribution < -0.4 is 0 Å². The second-order valence-electron chi connectivity index (χ2n) is 3.57. The third-order valence-electron chi connectivity index (χ3n) is 2.40. The highest BCUT2D eigenvalue weighted by molar-refractivity contribution is 7.71. The van der Waals surface area contributed by atoms with Crippen molar-refractivity contribution in [2.24, 2.45) is 0 Å². The van der Waals surface area contributed by atoms with Gasteiger partial charge in [0.2, 0.25) is 0 Å². The fraction of sp³-hybridized carbons (Fsp3) is 0.200. The molecule has 0 aliphatic carbocycles. The van der Waals surface area contributed by atoms with Crippen molar-refractivity contribution in [3.8, 4) is 5.69 Å². The van der Waals surface area contributed by atoms with Crippen LogP contribution in [0.15, 0.2) is 18.2 Å². The van der Waals surface area contributed by atoms with E-state index >= 15 is 0 Å². The van der Waals surface area contributed by atoms with Crippen LogP contribution in [0.25, 0.3) is 5.69 Å². The summed E-state index contributed by atoms with van der Waals surface area (Å²) >= 11 is 10.7. The number of hydrogen-bond acceptors (Lipinski definition) is 3. The lowest BCUT2D eigenvalue weighted by atomic mass is 10.1. The summed E-state index contributed by atoms with van der Waals surface area (Å²) in [5, 5.41) is 14.9. The molecule has 0 atom stereocenters. The first-order valence-electron chi connectivity index (χ1n) is 4.99. The lowest BCUT2D eigenvalue weighted by Crippen LogP contribution is -2.13. The number of aliphatic hydroxyl groups is 1. The fourth-order valence-corrected chi connectivity index (χ4v) is 2.14. The number of benzene rings is 1. The van der Waals surface area contributed by atoms with Crippen molar-refractivity contribution in [3.05, 3.63) is 39.4 Å². The molecule has 1 aromatic carbocycles. The van der Waals surface area contributed by atoms with E-state index in [-0.39, 0.29) is 21.3 Å². The molecule has 1 heterocycles. The van der Waals surface area contributed by atoms with Crippen LogP contribution in [0, 0.1) is 4.77 Å². The SMILES string of the molecule is OCc1n[nH]c(=S)n1-c1c(Cl)cccc1C(F)(F)F. The van der Waals surface area contributed by atoms with E-state index < -0.39 is 18.3 Å². The molecule has 0 aliphatic heterocycles. The Labute approximate surface area is 115 Å². The Morgan fingerprint density at radius 2 is 2.11 bits per heavy atom. The second kappa shape index (κ2) is 4.95. The van der Waals surface area contributed by atoms with E-state index in [4.69, 9.17) is 28.9 Å². The molecule has 1 aromatic heterocycles. The number of H-pyrrole nitrogens is 1. The third-order valence-corrected chi connectivity index (χ3v) is 2.98. The summed E-state index contributed by atoms with van der Waals surface area (Å²) in [5.74, 6) is -0.0522. The van der Waals surface area contributed by atoms with E-state index in [1.54, 1.807) is 0 Å². The number of aromatic nitrogens is 3. The molecule has 2 N–H and O–H groups in total. The Kier molecular flexibility index (Phi) is 3.66. The fourth-order valence-electron chi connectivity index (χ4n) is 1.64. The minimum Gasteiger partial charge on any atom is -0.388 e. The quantitative estimate of drug-likeness (QED) is 0.838. The number of para-hydroxylation sites is 1. The van der Waals surface area contributed by atoms with Crippen molar-refractivity contribution in [1.82, 2.24) is 14.8 Å². The third kappa shape index (κ3) is 2.51. The number of halogens is 4. The van der Waals surface area contributed by atoms with Crippen LogP contribution >= 0.6 is 23.8 Å². The van der Waals surface area contributed by atoms with E-state index in [1.165, 1.54) is 12.1 Å². The molecule has 0 amide bonds. The van der Waals surface area contributed by atoms with E-state index in [1.807, 2.05) is 0 Å². The van der Waals surface area contributed by atoms with Gasteiger partial charge >= 0.3 is 6.18 Å². The first-order valence-corrected chi connectivity index (χ1v) is 5.78. The topological polar surface area (TPSA) is 53.8 Å². The Bertz CT molecular complexity index is 665. The predicted molar refractivity (Wildman–Crippen MR) is 64.7 cm³/mol. The van der Waals surface area contributed by atoms with Gasteiger partial charge in [-0.25, -0.2) is 0 Å². The van der Waals surface area contributed by atoms with Gasteiger partial charge in [-0.05, 0) is 24.4 Å². The molecule has 0 spiro atoms. The average molecular weight is 310 g/mol. The maximum atomic E-state index is 13.0. The number of nitrogens with zero attached hydrogens (tertiary/aromatic N) is 2. The molecule has 0 radical (unpaired) electrons. The minimum absolute atomic E-state index is 0.0522. The van der Waals surface area contributed by atoms with Crippen LogP contribution in [-0.4, -0.2) is 19.9 Å². The van der Waals surface area contributed by atoms with E-state index in [0.29, 0.717) is 0 Å². The molecule has 0 unspecified atom stereocenters. The monoisotopic (exact) mass is 309 g/mol. The van der Waals surface area contributed by atoms with E-state index in [2.05, 4.69) is 10.2 Å². The van der Waals surface area contributed by atoms with Crippen molar-refractivity contribution < 1.29 is 18.3 Å². The van der Waals surface area contributed by atoms with Gasteiger partial charge in [0.05, 0.1) is 16.3 Å². The molecule has 0 fully saturated rings. The molecule has 0 saturated heterocycles. The minimum atomic E-state index is -4.60. The normalized spacial score (nSPS) is 11.8. The first-order chi connectivity index (χ1) is 8.86. The largest absolute Gasteiger partial charge is 0.418 e. The number of aliphatic hydroxyl groups excluding tert-OH is 1. The van der Waals surface area contributed by atoms with E-state index in [0.717, 1.165) is 10.6 Å². The Morgan fingerprint density at radius 3 is 2.68 bits per heavy atom. The molecule has 2 rings (SSSR count). The zero-order valence-corrected chi connectivity index (χ0v) is 10.8. The van der Waals surface area contributed by atoms with Crippen molar-refractivity contribution >= 4 is 23.8 Å². The molecular formula is C10H7ClF3N3OS. The molecule has 102 valence electrons. The lowest BCUT2D eigenvalue weighted by Gasteiger charge is -2.15. The summed E-state index contributed by atoms with van der Waals surface area (Å²) in [6.07, 6.45) is -4.60. The zero-order valence-electron chi connectivity index (χ0n) is 9.20. The van der Waals surface area contributed by atoms with Crippen LogP contribution in [0.2, 0.25) is 5.02 Å². The lowest BCUT2D eigenvalue weighted by molar-refractivity contribution is -0.137. The van der Waals surface area contributed by atoms with Gasteiger partial charge in [-0.2, -0.15) is 18.3 Å². The number of aromatic amines is 1. The summed E-state index contributed by atoms with van der Waals surface area (Å²) in [5.41, 5.74) is -1.30.